The van der Waals surface area contributed by atoms with Crippen LogP contribution in [-0.4, -0.2) is 40.6 Å². The van der Waals surface area contributed by atoms with Gasteiger partial charge in [0.25, 0.3) is 0 Å². The molecule has 5 heteroatoms. The van der Waals surface area contributed by atoms with Gasteiger partial charge in [-0.1, -0.05) is 13.8 Å². The molecule has 1 unspecified atom stereocenters. The van der Waals surface area contributed by atoms with E-state index < -0.39 is 11.5 Å². The van der Waals surface area contributed by atoms with E-state index in [9.17, 15) is 9.59 Å². The third kappa shape index (κ3) is 3.72. The molecule has 5 nitrogen and oxygen atoms in total. The van der Waals surface area contributed by atoms with Gasteiger partial charge in [-0.25, -0.2) is 9.59 Å². The number of nitrogens with zero attached hydrogens (tertiary/aromatic N) is 1. The summed E-state index contributed by atoms with van der Waals surface area (Å²) in [6, 6.07) is -0.309. The lowest BCUT2D eigenvalue weighted by atomic mass is 10.00. The van der Waals surface area contributed by atoms with Gasteiger partial charge in [0.15, 0.2) is 0 Å². The van der Waals surface area contributed by atoms with Crippen LogP contribution in [-0.2, 0) is 4.79 Å². The summed E-state index contributed by atoms with van der Waals surface area (Å²) in [5.41, 5.74) is -1.18. The normalized spacial score (nSPS) is 14.0. The summed E-state index contributed by atoms with van der Waals surface area (Å²) >= 11 is 0. The van der Waals surface area contributed by atoms with Crippen molar-refractivity contribution in [2.45, 2.75) is 46.1 Å². The highest BCUT2D eigenvalue weighted by atomic mass is 16.4. The second-order valence-corrected chi connectivity index (χ2v) is 4.00. The van der Waals surface area contributed by atoms with Gasteiger partial charge in [-0.2, -0.15) is 0 Å². The number of rotatable bonds is 6. The Bertz CT molecular complexity index is 256. The molecule has 1 atom stereocenters. The van der Waals surface area contributed by atoms with Crippen LogP contribution in [0.5, 0.6) is 0 Å². The number of amides is 2. The molecular formula is C11H22N2O3. The number of carboxylic acids is 1. The van der Waals surface area contributed by atoms with Crippen molar-refractivity contribution in [3.8, 4) is 0 Å². The van der Waals surface area contributed by atoms with Crippen molar-refractivity contribution in [2.24, 2.45) is 0 Å². The Labute approximate surface area is 96.8 Å². The van der Waals surface area contributed by atoms with Crippen LogP contribution in [0.2, 0.25) is 0 Å². The minimum atomic E-state index is -1.18. The second-order valence-electron chi connectivity index (χ2n) is 4.00. The molecule has 0 aromatic carbocycles. The SMILES string of the molecule is CCCN(CC)C(=O)NC(C)(CC)C(=O)O. The molecular weight excluding hydrogens is 208 g/mol. The largest absolute Gasteiger partial charge is 0.480 e. The topological polar surface area (TPSA) is 69.6 Å². The molecule has 0 saturated heterocycles. The van der Waals surface area contributed by atoms with Crippen LogP contribution in [0.3, 0.4) is 0 Å². The summed E-state index contributed by atoms with van der Waals surface area (Å²) in [5.74, 6) is -1.00. The summed E-state index contributed by atoms with van der Waals surface area (Å²) in [5, 5.41) is 11.6. The molecule has 0 rings (SSSR count). The maximum Gasteiger partial charge on any atom is 0.329 e. The molecule has 0 aliphatic carbocycles. The fraction of sp³-hybridized carbons (Fsp3) is 0.818. The predicted octanol–water partition coefficient (Wildman–Crippen LogP) is 1.68. The van der Waals surface area contributed by atoms with E-state index in [0.29, 0.717) is 19.5 Å². The first-order chi connectivity index (χ1) is 7.41. The molecule has 0 heterocycles. The van der Waals surface area contributed by atoms with E-state index in [2.05, 4.69) is 5.32 Å². The molecule has 0 aromatic rings. The minimum Gasteiger partial charge on any atom is -0.480 e. The van der Waals surface area contributed by atoms with E-state index in [1.165, 1.54) is 6.92 Å². The van der Waals surface area contributed by atoms with Crippen LogP contribution in [0.1, 0.15) is 40.5 Å². The van der Waals surface area contributed by atoms with E-state index in [-0.39, 0.29) is 6.03 Å². The van der Waals surface area contributed by atoms with Gasteiger partial charge in [0.05, 0.1) is 0 Å². The molecule has 0 bridgehead atoms. The molecule has 94 valence electrons. The number of carbonyl (C=O) groups is 2. The Morgan fingerprint density at radius 3 is 2.19 bits per heavy atom. The van der Waals surface area contributed by atoms with Gasteiger partial charge in [-0.15, -0.1) is 0 Å². The first-order valence-electron chi connectivity index (χ1n) is 5.71. The Morgan fingerprint density at radius 1 is 1.31 bits per heavy atom. The molecule has 2 amide bonds. The van der Waals surface area contributed by atoms with Gasteiger partial charge in [0.1, 0.15) is 5.54 Å². The van der Waals surface area contributed by atoms with Crippen LogP contribution in [0.4, 0.5) is 4.79 Å². The Kier molecular flexibility index (Phi) is 5.85. The average Bonchev–Trinajstić information content (AvgIpc) is 2.25. The smallest absolute Gasteiger partial charge is 0.329 e. The monoisotopic (exact) mass is 230 g/mol. The quantitative estimate of drug-likeness (QED) is 0.729. The van der Waals surface area contributed by atoms with Gasteiger partial charge >= 0.3 is 12.0 Å². The van der Waals surface area contributed by atoms with Crippen molar-refractivity contribution in [1.29, 1.82) is 0 Å². The maximum absolute atomic E-state index is 11.8. The zero-order valence-electron chi connectivity index (χ0n) is 10.5. The molecule has 2 N–H and O–H groups in total. The van der Waals surface area contributed by atoms with Crippen LogP contribution in [0.25, 0.3) is 0 Å². The number of hydrogen-bond acceptors (Lipinski definition) is 2. The standard InChI is InChI=1S/C11H22N2O3/c1-5-8-13(7-3)10(16)12-11(4,6-2)9(14)15/h5-8H2,1-4H3,(H,12,16)(H,14,15). The fourth-order valence-electron chi connectivity index (χ4n) is 1.28. The lowest BCUT2D eigenvalue weighted by molar-refractivity contribution is -0.143. The minimum absolute atomic E-state index is 0.309. The van der Waals surface area contributed by atoms with Crippen LogP contribution in [0, 0.1) is 0 Å². The second kappa shape index (κ2) is 6.35. The summed E-state index contributed by atoms with van der Waals surface area (Å²) < 4.78 is 0. The first-order valence-corrected chi connectivity index (χ1v) is 5.71. The van der Waals surface area contributed by atoms with Crippen LogP contribution in [0.15, 0.2) is 0 Å². The molecule has 0 spiro atoms. The fourth-order valence-corrected chi connectivity index (χ4v) is 1.28. The van der Waals surface area contributed by atoms with Gasteiger partial charge in [0, 0.05) is 13.1 Å². The van der Waals surface area contributed by atoms with Crippen molar-refractivity contribution in [2.75, 3.05) is 13.1 Å². The molecule has 0 aliphatic heterocycles. The highest BCUT2D eigenvalue weighted by molar-refractivity contribution is 5.85. The average molecular weight is 230 g/mol. The summed E-state index contributed by atoms with van der Waals surface area (Å²) in [4.78, 5) is 24.4. The lowest BCUT2D eigenvalue weighted by Crippen LogP contribution is -2.55. The Balaban J connectivity index is 4.56. The van der Waals surface area contributed by atoms with Crippen molar-refractivity contribution in [1.82, 2.24) is 10.2 Å². The molecule has 0 saturated carbocycles. The van der Waals surface area contributed by atoms with Crippen molar-refractivity contribution in [3.63, 3.8) is 0 Å². The van der Waals surface area contributed by atoms with Crippen molar-refractivity contribution < 1.29 is 14.7 Å². The predicted molar refractivity (Wildman–Crippen MR) is 62.4 cm³/mol. The third-order valence-corrected chi connectivity index (χ3v) is 2.72. The van der Waals surface area contributed by atoms with E-state index in [1.54, 1.807) is 11.8 Å². The first kappa shape index (κ1) is 14.7. The molecule has 0 aromatic heterocycles. The van der Waals surface area contributed by atoms with Crippen molar-refractivity contribution >= 4 is 12.0 Å². The molecule has 0 radical (unpaired) electrons. The zero-order chi connectivity index (χ0) is 12.8. The number of urea groups is 1. The lowest BCUT2D eigenvalue weighted by Gasteiger charge is -2.29. The summed E-state index contributed by atoms with van der Waals surface area (Å²) in [6.07, 6.45) is 1.22. The molecule has 0 aliphatic rings. The van der Waals surface area contributed by atoms with E-state index >= 15 is 0 Å². The molecule has 0 fully saturated rings. The van der Waals surface area contributed by atoms with Crippen LogP contribution < -0.4 is 5.32 Å². The number of carboxylic acid groups (broad SMARTS) is 1. The van der Waals surface area contributed by atoms with Crippen molar-refractivity contribution in [3.05, 3.63) is 0 Å². The maximum atomic E-state index is 11.8. The van der Waals surface area contributed by atoms with E-state index in [1.807, 2.05) is 13.8 Å². The van der Waals surface area contributed by atoms with Crippen LogP contribution >= 0.6 is 0 Å². The van der Waals surface area contributed by atoms with Gasteiger partial charge < -0.3 is 15.3 Å². The Hall–Kier alpha value is -1.26. The number of nitrogens with one attached hydrogen (secondary N) is 1. The van der Waals surface area contributed by atoms with Gasteiger partial charge in [-0.05, 0) is 26.7 Å². The highest BCUT2D eigenvalue weighted by Crippen LogP contribution is 2.10. The summed E-state index contributed by atoms with van der Waals surface area (Å²) in [6.45, 7) is 8.34. The number of aliphatic carboxylic acids is 1. The number of carbonyl (C=O) groups excluding carboxylic acids is 1. The Morgan fingerprint density at radius 2 is 1.88 bits per heavy atom. The summed E-state index contributed by atoms with van der Waals surface area (Å²) in [7, 11) is 0. The highest BCUT2D eigenvalue weighted by Gasteiger charge is 2.33. The van der Waals surface area contributed by atoms with Gasteiger partial charge in [0.2, 0.25) is 0 Å². The number of hydrogen-bond donors (Lipinski definition) is 2. The van der Waals surface area contributed by atoms with E-state index in [4.69, 9.17) is 5.11 Å². The third-order valence-electron chi connectivity index (χ3n) is 2.72. The van der Waals surface area contributed by atoms with E-state index in [0.717, 1.165) is 6.42 Å². The zero-order valence-corrected chi connectivity index (χ0v) is 10.5. The molecule has 16 heavy (non-hydrogen) atoms. The van der Waals surface area contributed by atoms with Gasteiger partial charge in [-0.3, -0.25) is 0 Å².